The first-order valence-corrected chi connectivity index (χ1v) is 8.27. The van der Waals surface area contributed by atoms with Gasteiger partial charge in [0.1, 0.15) is 0 Å². The molecule has 1 saturated carbocycles. The third-order valence-electron chi connectivity index (χ3n) is 5.31. The van der Waals surface area contributed by atoms with Crippen molar-refractivity contribution in [3.63, 3.8) is 0 Å². The Kier molecular flexibility index (Phi) is 4.42. The van der Waals surface area contributed by atoms with Gasteiger partial charge in [0, 0.05) is 25.7 Å². The van der Waals surface area contributed by atoms with Crippen LogP contribution in [-0.2, 0) is 12.8 Å². The zero-order valence-corrected chi connectivity index (χ0v) is 12.7. The Hall–Kier alpha value is -0.860. The average Bonchev–Trinajstić information content (AvgIpc) is 2.66. The first kappa shape index (κ1) is 14.1. The predicted molar refractivity (Wildman–Crippen MR) is 84.8 cm³/mol. The van der Waals surface area contributed by atoms with Gasteiger partial charge in [-0.05, 0) is 55.1 Å². The summed E-state index contributed by atoms with van der Waals surface area (Å²) in [6, 6.07) is 9.37. The van der Waals surface area contributed by atoms with Gasteiger partial charge >= 0.3 is 0 Å². The van der Waals surface area contributed by atoms with Crippen molar-refractivity contribution in [3.8, 4) is 0 Å². The lowest BCUT2D eigenvalue weighted by atomic mass is 9.79. The van der Waals surface area contributed by atoms with Crippen molar-refractivity contribution >= 4 is 0 Å². The van der Waals surface area contributed by atoms with Gasteiger partial charge in [-0.3, -0.25) is 0 Å². The Labute approximate surface area is 123 Å². The smallest absolute Gasteiger partial charge is 0.00795 e. The number of hydrogen-bond acceptors (Lipinski definition) is 2. The molecular formula is C18H28N2. The number of benzene rings is 1. The van der Waals surface area contributed by atoms with Crippen LogP contribution in [0, 0.1) is 11.8 Å². The molecule has 0 bridgehead atoms. The minimum atomic E-state index is 0.428. The van der Waals surface area contributed by atoms with Crippen molar-refractivity contribution in [1.82, 2.24) is 4.90 Å². The molecule has 2 aliphatic rings. The molecular weight excluding hydrogens is 244 g/mol. The van der Waals surface area contributed by atoms with E-state index >= 15 is 0 Å². The van der Waals surface area contributed by atoms with Crippen LogP contribution >= 0.6 is 0 Å². The minimum Gasteiger partial charge on any atom is -0.327 e. The topological polar surface area (TPSA) is 29.3 Å². The van der Waals surface area contributed by atoms with E-state index in [2.05, 4.69) is 36.1 Å². The minimum absolute atomic E-state index is 0.428. The van der Waals surface area contributed by atoms with E-state index < -0.39 is 0 Å². The molecule has 2 nitrogen and oxygen atoms in total. The van der Waals surface area contributed by atoms with E-state index in [1.54, 1.807) is 11.1 Å². The fourth-order valence-electron chi connectivity index (χ4n) is 3.96. The van der Waals surface area contributed by atoms with Gasteiger partial charge in [-0.25, -0.2) is 0 Å². The molecule has 1 aromatic rings. The molecule has 0 aromatic heterocycles. The SMILES string of the molecule is CC1CCC(N)C(CN2CCc3ccccc3CC2)C1. The molecule has 2 heteroatoms. The molecule has 3 unspecified atom stereocenters. The normalized spacial score (nSPS) is 31.6. The van der Waals surface area contributed by atoms with Crippen molar-refractivity contribution in [1.29, 1.82) is 0 Å². The molecule has 110 valence electrons. The highest BCUT2D eigenvalue weighted by atomic mass is 15.1. The van der Waals surface area contributed by atoms with Gasteiger partial charge in [0.2, 0.25) is 0 Å². The summed E-state index contributed by atoms with van der Waals surface area (Å²) in [6.45, 7) is 6.00. The summed E-state index contributed by atoms with van der Waals surface area (Å²) in [5.74, 6) is 1.57. The monoisotopic (exact) mass is 272 g/mol. The lowest BCUT2D eigenvalue weighted by Crippen LogP contribution is -2.43. The van der Waals surface area contributed by atoms with Gasteiger partial charge in [-0.1, -0.05) is 31.2 Å². The molecule has 0 radical (unpaired) electrons. The summed E-state index contributed by atoms with van der Waals surface area (Å²) in [6.07, 6.45) is 6.27. The first-order valence-electron chi connectivity index (χ1n) is 8.27. The van der Waals surface area contributed by atoms with E-state index in [1.165, 1.54) is 51.7 Å². The Balaban J connectivity index is 1.60. The van der Waals surface area contributed by atoms with Gasteiger partial charge in [0.05, 0.1) is 0 Å². The maximum Gasteiger partial charge on any atom is 0.00795 e. The molecule has 1 aliphatic carbocycles. The third kappa shape index (κ3) is 3.24. The molecule has 0 amide bonds. The van der Waals surface area contributed by atoms with Gasteiger partial charge in [-0.15, -0.1) is 0 Å². The van der Waals surface area contributed by atoms with Crippen LogP contribution in [0.15, 0.2) is 24.3 Å². The number of hydrogen-bond donors (Lipinski definition) is 1. The van der Waals surface area contributed by atoms with Gasteiger partial charge in [0.15, 0.2) is 0 Å². The van der Waals surface area contributed by atoms with Crippen LogP contribution in [-0.4, -0.2) is 30.6 Å². The number of nitrogens with two attached hydrogens (primary N) is 1. The molecule has 20 heavy (non-hydrogen) atoms. The molecule has 1 aliphatic heterocycles. The summed E-state index contributed by atoms with van der Waals surface area (Å²) >= 11 is 0. The van der Waals surface area contributed by atoms with Crippen molar-refractivity contribution in [2.24, 2.45) is 17.6 Å². The van der Waals surface area contributed by atoms with Crippen LogP contribution in [0.2, 0.25) is 0 Å². The summed E-state index contributed by atoms with van der Waals surface area (Å²) in [4.78, 5) is 2.66. The van der Waals surface area contributed by atoms with Gasteiger partial charge in [0.25, 0.3) is 0 Å². The second-order valence-corrected chi connectivity index (χ2v) is 6.91. The van der Waals surface area contributed by atoms with Crippen LogP contribution in [0.25, 0.3) is 0 Å². The van der Waals surface area contributed by atoms with Crippen molar-refractivity contribution in [2.75, 3.05) is 19.6 Å². The number of nitrogens with zero attached hydrogens (tertiary/aromatic N) is 1. The fraction of sp³-hybridized carbons (Fsp3) is 0.667. The number of rotatable bonds is 2. The standard InChI is InChI=1S/C18H28N2/c1-14-6-7-18(19)17(12-14)13-20-10-8-15-4-2-3-5-16(15)9-11-20/h2-5,14,17-18H,6-13,19H2,1H3. The Bertz CT molecular complexity index is 416. The zero-order chi connectivity index (χ0) is 13.9. The highest BCUT2D eigenvalue weighted by Crippen LogP contribution is 2.29. The fourth-order valence-corrected chi connectivity index (χ4v) is 3.96. The van der Waals surface area contributed by atoms with Crippen LogP contribution in [0.5, 0.6) is 0 Å². The van der Waals surface area contributed by atoms with E-state index in [1.807, 2.05) is 0 Å². The molecule has 3 atom stereocenters. The number of fused-ring (bicyclic) bond motifs is 1. The summed E-state index contributed by atoms with van der Waals surface area (Å²) in [7, 11) is 0. The molecule has 0 saturated heterocycles. The zero-order valence-electron chi connectivity index (χ0n) is 12.7. The van der Waals surface area contributed by atoms with Crippen LogP contribution in [0.3, 0.4) is 0 Å². The second-order valence-electron chi connectivity index (χ2n) is 6.91. The van der Waals surface area contributed by atoms with Crippen LogP contribution < -0.4 is 5.73 Å². The maximum atomic E-state index is 6.35. The predicted octanol–water partition coefficient (Wildman–Crippen LogP) is 2.85. The van der Waals surface area contributed by atoms with Crippen molar-refractivity contribution in [3.05, 3.63) is 35.4 Å². The van der Waals surface area contributed by atoms with Crippen LogP contribution in [0.4, 0.5) is 0 Å². The van der Waals surface area contributed by atoms with Crippen molar-refractivity contribution < 1.29 is 0 Å². The Morgan fingerprint density at radius 3 is 2.40 bits per heavy atom. The quantitative estimate of drug-likeness (QED) is 0.897. The third-order valence-corrected chi connectivity index (χ3v) is 5.31. The first-order chi connectivity index (χ1) is 9.72. The molecule has 3 rings (SSSR count). The molecule has 0 spiro atoms. The van der Waals surface area contributed by atoms with Gasteiger partial charge < -0.3 is 10.6 Å². The summed E-state index contributed by atoms with van der Waals surface area (Å²) in [5, 5.41) is 0. The molecule has 1 aromatic carbocycles. The summed E-state index contributed by atoms with van der Waals surface area (Å²) < 4.78 is 0. The lowest BCUT2D eigenvalue weighted by Gasteiger charge is -2.36. The largest absolute Gasteiger partial charge is 0.327 e. The van der Waals surface area contributed by atoms with E-state index in [4.69, 9.17) is 5.73 Å². The Morgan fingerprint density at radius 1 is 1.10 bits per heavy atom. The molecule has 1 fully saturated rings. The molecule has 2 N–H and O–H groups in total. The highest BCUT2D eigenvalue weighted by Gasteiger charge is 2.28. The Morgan fingerprint density at radius 2 is 1.75 bits per heavy atom. The van der Waals surface area contributed by atoms with Crippen molar-refractivity contribution in [2.45, 2.75) is 45.1 Å². The second kappa shape index (κ2) is 6.28. The average molecular weight is 272 g/mol. The lowest BCUT2D eigenvalue weighted by molar-refractivity contribution is 0.165. The maximum absolute atomic E-state index is 6.35. The van der Waals surface area contributed by atoms with Gasteiger partial charge in [-0.2, -0.15) is 0 Å². The van der Waals surface area contributed by atoms with E-state index in [0.29, 0.717) is 12.0 Å². The van der Waals surface area contributed by atoms with E-state index in [-0.39, 0.29) is 0 Å². The summed E-state index contributed by atoms with van der Waals surface area (Å²) in [5.41, 5.74) is 9.46. The highest BCUT2D eigenvalue weighted by molar-refractivity contribution is 5.28. The van der Waals surface area contributed by atoms with E-state index in [0.717, 1.165) is 5.92 Å². The van der Waals surface area contributed by atoms with Crippen LogP contribution in [0.1, 0.15) is 37.3 Å². The molecule has 1 heterocycles. The van der Waals surface area contributed by atoms with E-state index in [9.17, 15) is 0 Å².